The molecule has 2 aromatic carbocycles. The molecule has 2 aromatic rings. The Morgan fingerprint density at radius 1 is 1.25 bits per heavy atom. The van der Waals surface area contributed by atoms with Gasteiger partial charge in [0.1, 0.15) is 18.5 Å². The molecular formula is C17H17NO6. The van der Waals surface area contributed by atoms with Crippen LogP contribution in [0.5, 0.6) is 11.5 Å². The summed E-state index contributed by atoms with van der Waals surface area (Å²) in [5.41, 5.74) is 0.719. The molecule has 2 rings (SSSR count). The van der Waals surface area contributed by atoms with Gasteiger partial charge in [-0.25, -0.2) is 0 Å². The van der Waals surface area contributed by atoms with Gasteiger partial charge < -0.3 is 14.6 Å². The lowest BCUT2D eigenvalue weighted by molar-refractivity contribution is -0.386. The van der Waals surface area contributed by atoms with Crippen molar-refractivity contribution >= 4 is 11.7 Å². The van der Waals surface area contributed by atoms with Crippen molar-refractivity contribution in [2.75, 3.05) is 0 Å². The number of carboxylic acid groups (broad SMARTS) is 1. The smallest absolute Gasteiger partial charge is 0.311 e. The highest BCUT2D eigenvalue weighted by Gasteiger charge is 2.19. The minimum atomic E-state index is -1.04. The van der Waals surface area contributed by atoms with Gasteiger partial charge in [0, 0.05) is 12.1 Å². The SMILES string of the molecule is C[C@H](CC(=O)O)Oc1cc(OCc2ccccc2)ccc1[N+](=O)[O-]. The molecule has 0 unspecified atom stereocenters. The zero-order valence-electron chi connectivity index (χ0n) is 13.0. The summed E-state index contributed by atoms with van der Waals surface area (Å²) >= 11 is 0. The van der Waals surface area contributed by atoms with Gasteiger partial charge in [0.25, 0.3) is 0 Å². The second-order valence-corrected chi connectivity index (χ2v) is 5.19. The van der Waals surface area contributed by atoms with E-state index in [0.29, 0.717) is 12.4 Å². The fourth-order valence-corrected chi connectivity index (χ4v) is 2.07. The summed E-state index contributed by atoms with van der Waals surface area (Å²) in [7, 11) is 0. The molecule has 0 heterocycles. The second-order valence-electron chi connectivity index (χ2n) is 5.19. The predicted molar refractivity (Wildman–Crippen MR) is 86.2 cm³/mol. The van der Waals surface area contributed by atoms with Gasteiger partial charge in [0.05, 0.1) is 11.3 Å². The van der Waals surface area contributed by atoms with E-state index in [4.69, 9.17) is 14.6 Å². The van der Waals surface area contributed by atoms with Crippen LogP contribution in [0.1, 0.15) is 18.9 Å². The third kappa shape index (κ3) is 4.98. The van der Waals surface area contributed by atoms with E-state index in [2.05, 4.69) is 0 Å². The largest absolute Gasteiger partial charge is 0.489 e. The maximum atomic E-state index is 11.1. The molecule has 24 heavy (non-hydrogen) atoms. The Kier molecular flexibility index (Phi) is 5.73. The summed E-state index contributed by atoms with van der Waals surface area (Å²) in [6, 6.07) is 13.6. The van der Waals surface area contributed by atoms with Crippen LogP contribution in [0.4, 0.5) is 5.69 Å². The van der Waals surface area contributed by atoms with Crippen molar-refractivity contribution in [2.24, 2.45) is 0 Å². The maximum absolute atomic E-state index is 11.1. The number of carboxylic acids is 1. The summed E-state index contributed by atoms with van der Waals surface area (Å²) in [6.45, 7) is 1.85. The van der Waals surface area contributed by atoms with Gasteiger partial charge in [0.2, 0.25) is 5.75 Å². The van der Waals surface area contributed by atoms with Crippen LogP contribution in [-0.4, -0.2) is 22.1 Å². The molecule has 7 nitrogen and oxygen atoms in total. The standard InChI is InChI=1S/C17H17NO6/c1-12(9-17(19)20)24-16-10-14(7-8-15(16)18(21)22)23-11-13-5-3-2-4-6-13/h2-8,10,12H,9,11H2,1H3,(H,19,20)/t12-/m1/s1. The Bertz CT molecular complexity index is 716. The normalized spacial score (nSPS) is 11.5. The van der Waals surface area contributed by atoms with Crippen molar-refractivity contribution in [3.63, 3.8) is 0 Å². The summed E-state index contributed by atoms with van der Waals surface area (Å²) < 4.78 is 11.0. The van der Waals surface area contributed by atoms with Crippen LogP contribution >= 0.6 is 0 Å². The van der Waals surface area contributed by atoms with Gasteiger partial charge in [-0.2, -0.15) is 0 Å². The van der Waals surface area contributed by atoms with Crippen LogP contribution in [-0.2, 0) is 11.4 Å². The summed E-state index contributed by atoms with van der Waals surface area (Å²) in [5.74, 6) is -0.650. The number of carbonyl (C=O) groups is 1. The topological polar surface area (TPSA) is 98.9 Å². The zero-order chi connectivity index (χ0) is 17.5. The van der Waals surface area contributed by atoms with Gasteiger partial charge in [0.15, 0.2) is 0 Å². The number of benzene rings is 2. The molecule has 0 aromatic heterocycles. The minimum absolute atomic E-state index is 0.0145. The van der Waals surface area contributed by atoms with Gasteiger partial charge in [-0.05, 0) is 18.6 Å². The molecular weight excluding hydrogens is 314 g/mol. The molecule has 1 N–H and O–H groups in total. The molecule has 0 aliphatic carbocycles. The van der Waals surface area contributed by atoms with E-state index in [1.807, 2.05) is 30.3 Å². The van der Waals surface area contributed by atoms with Crippen LogP contribution in [0.2, 0.25) is 0 Å². The van der Waals surface area contributed by atoms with Gasteiger partial charge in [-0.1, -0.05) is 30.3 Å². The van der Waals surface area contributed by atoms with E-state index in [9.17, 15) is 14.9 Å². The fraction of sp³-hybridized carbons (Fsp3) is 0.235. The number of nitro groups is 1. The lowest BCUT2D eigenvalue weighted by atomic mass is 10.2. The van der Waals surface area contributed by atoms with Crippen molar-refractivity contribution < 1.29 is 24.3 Å². The van der Waals surface area contributed by atoms with Crippen LogP contribution in [0.3, 0.4) is 0 Å². The quantitative estimate of drug-likeness (QED) is 0.588. The van der Waals surface area contributed by atoms with Crippen LogP contribution in [0.15, 0.2) is 48.5 Å². The monoisotopic (exact) mass is 331 g/mol. The Morgan fingerprint density at radius 2 is 1.96 bits per heavy atom. The third-order valence-corrected chi connectivity index (χ3v) is 3.17. The number of hydrogen-bond donors (Lipinski definition) is 1. The molecule has 0 spiro atoms. The minimum Gasteiger partial charge on any atom is -0.489 e. The Hall–Kier alpha value is -3.09. The van der Waals surface area contributed by atoms with E-state index in [1.165, 1.54) is 25.1 Å². The lowest BCUT2D eigenvalue weighted by Crippen LogP contribution is -2.17. The molecule has 0 amide bonds. The van der Waals surface area contributed by atoms with Gasteiger partial charge in [-0.3, -0.25) is 14.9 Å². The number of hydrogen-bond acceptors (Lipinski definition) is 5. The second kappa shape index (κ2) is 7.96. The van der Waals surface area contributed by atoms with Crippen molar-refractivity contribution in [3.05, 3.63) is 64.2 Å². The molecule has 0 fully saturated rings. The van der Waals surface area contributed by atoms with Gasteiger partial charge >= 0.3 is 11.7 Å². The zero-order valence-corrected chi connectivity index (χ0v) is 13.0. The third-order valence-electron chi connectivity index (χ3n) is 3.17. The highest BCUT2D eigenvalue weighted by Crippen LogP contribution is 2.32. The molecule has 0 aliphatic rings. The first kappa shape index (κ1) is 17.3. The maximum Gasteiger partial charge on any atom is 0.311 e. The molecule has 0 aliphatic heterocycles. The molecule has 0 bridgehead atoms. The Morgan fingerprint density at radius 3 is 2.58 bits per heavy atom. The van der Waals surface area contributed by atoms with Crippen LogP contribution < -0.4 is 9.47 Å². The van der Waals surface area contributed by atoms with E-state index >= 15 is 0 Å². The first-order valence-corrected chi connectivity index (χ1v) is 7.29. The molecule has 0 saturated heterocycles. The van der Waals surface area contributed by atoms with Crippen molar-refractivity contribution in [2.45, 2.75) is 26.1 Å². The van der Waals surface area contributed by atoms with Crippen LogP contribution in [0, 0.1) is 10.1 Å². The van der Waals surface area contributed by atoms with Gasteiger partial charge in [-0.15, -0.1) is 0 Å². The summed E-state index contributed by atoms with van der Waals surface area (Å²) in [6.07, 6.45) is -0.961. The van der Waals surface area contributed by atoms with Crippen molar-refractivity contribution in [3.8, 4) is 11.5 Å². The average molecular weight is 331 g/mol. The van der Waals surface area contributed by atoms with Crippen molar-refractivity contribution in [1.29, 1.82) is 0 Å². The van der Waals surface area contributed by atoms with E-state index < -0.39 is 17.0 Å². The Balaban J connectivity index is 2.14. The van der Waals surface area contributed by atoms with E-state index in [0.717, 1.165) is 5.56 Å². The molecule has 0 radical (unpaired) electrons. The summed E-state index contributed by atoms with van der Waals surface area (Å²) in [5, 5.41) is 19.9. The van der Waals surface area contributed by atoms with Crippen LogP contribution in [0.25, 0.3) is 0 Å². The van der Waals surface area contributed by atoms with E-state index in [-0.39, 0.29) is 17.9 Å². The van der Waals surface area contributed by atoms with E-state index in [1.54, 1.807) is 0 Å². The number of ether oxygens (including phenoxy) is 2. The predicted octanol–water partition coefficient (Wildman–Crippen LogP) is 3.42. The summed E-state index contributed by atoms with van der Waals surface area (Å²) in [4.78, 5) is 21.2. The molecule has 1 atom stereocenters. The highest BCUT2D eigenvalue weighted by atomic mass is 16.6. The number of rotatable bonds is 8. The van der Waals surface area contributed by atoms with Crippen molar-refractivity contribution in [1.82, 2.24) is 0 Å². The number of nitro benzene ring substituents is 1. The molecule has 0 saturated carbocycles. The fourth-order valence-electron chi connectivity index (χ4n) is 2.07. The number of aliphatic carboxylic acids is 1. The lowest BCUT2D eigenvalue weighted by Gasteiger charge is -2.14. The molecule has 7 heteroatoms. The highest BCUT2D eigenvalue weighted by molar-refractivity contribution is 5.67. The average Bonchev–Trinajstić information content (AvgIpc) is 2.53. The Labute approximate surface area is 138 Å². The number of nitrogens with zero attached hydrogens (tertiary/aromatic N) is 1. The first-order valence-electron chi connectivity index (χ1n) is 7.29. The first-order chi connectivity index (χ1) is 11.5. The molecule has 126 valence electrons.